The van der Waals surface area contributed by atoms with Crippen molar-refractivity contribution in [1.29, 1.82) is 0 Å². The Morgan fingerprint density at radius 1 is 1.47 bits per heavy atom. The van der Waals surface area contributed by atoms with E-state index in [0.29, 0.717) is 5.76 Å². The summed E-state index contributed by atoms with van der Waals surface area (Å²) in [6.07, 6.45) is 3.11. The first-order valence-electron chi connectivity index (χ1n) is 5.77. The van der Waals surface area contributed by atoms with E-state index in [-0.39, 0.29) is 30.0 Å². The molecule has 0 spiro atoms. The zero-order chi connectivity index (χ0) is 13.0. The summed E-state index contributed by atoms with van der Waals surface area (Å²) < 4.78 is 10.4. The van der Waals surface area contributed by atoms with Gasteiger partial charge in [-0.1, -0.05) is 13.0 Å². The molecule has 0 aromatic heterocycles. The van der Waals surface area contributed by atoms with Crippen LogP contribution >= 0.6 is 0 Å². The van der Waals surface area contributed by atoms with Gasteiger partial charge in [-0.25, -0.2) is 4.79 Å². The zero-order valence-corrected chi connectivity index (χ0v) is 10.6. The van der Waals surface area contributed by atoms with E-state index in [2.05, 4.69) is 0 Å². The molecule has 0 radical (unpaired) electrons. The predicted molar refractivity (Wildman–Crippen MR) is 63.2 cm³/mol. The van der Waals surface area contributed by atoms with Gasteiger partial charge in [-0.05, 0) is 26.8 Å². The second-order valence-corrected chi connectivity index (χ2v) is 3.94. The van der Waals surface area contributed by atoms with Gasteiger partial charge < -0.3 is 9.47 Å². The van der Waals surface area contributed by atoms with Crippen molar-refractivity contribution in [3.8, 4) is 0 Å². The number of ketones is 1. The van der Waals surface area contributed by atoms with E-state index >= 15 is 0 Å². The summed E-state index contributed by atoms with van der Waals surface area (Å²) >= 11 is 0. The standard InChI is InChI=1S/C13H18O4/c1-5-7-10-11(13(15)16-6-2)12(14)8(3)9(4)17-10/h5,7-9H,6H2,1-4H3/b7-5+. The maximum Gasteiger partial charge on any atom is 0.345 e. The number of ether oxygens (including phenoxy) is 2. The molecule has 2 unspecified atom stereocenters. The molecule has 0 saturated heterocycles. The summed E-state index contributed by atoms with van der Waals surface area (Å²) in [4.78, 5) is 23.8. The molecule has 0 amide bonds. The van der Waals surface area contributed by atoms with E-state index < -0.39 is 5.97 Å². The fraction of sp³-hybridized carbons (Fsp3) is 0.538. The number of rotatable bonds is 3. The van der Waals surface area contributed by atoms with E-state index in [4.69, 9.17) is 9.47 Å². The lowest BCUT2D eigenvalue weighted by molar-refractivity contribution is -0.142. The highest BCUT2D eigenvalue weighted by atomic mass is 16.5. The fourth-order valence-corrected chi connectivity index (χ4v) is 1.60. The Morgan fingerprint density at radius 2 is 2.12 bits per heavy atom. The molecule has 2 atom stereocenters. The van der Waals surface area contributed by atoms with Crippen LogP contribution in [0.4, 0.5) is 0 Å². The summed E-state index contributed by atoms with van der Waals surface area (Å²) in [5.74, 6) is -0.843. The summed E-state index contributed by atoms with van der Waals surface area (Å²) in [6.45, 7) is 7.30. The number of hydrogen-bond donors (Lipinski definition) is 0. The molecule has 0 fully saturated rings. The van der Waals surface area contributed by atoms with Crippen molar-refractivity contribution in [1.82, 2.24) is 0 Å². The average molecular weight is 238 g/mol. The highest BCUT2D eigenvalue weighted by Gasteiger charge is 2.36. The number of Topliss-reactive ketones (excluding diaryl/α,β-unsaturated/α-hetero) is 1. The van der Waals surface area contributed by atoms with Crippen LogP contribution in [0.15, 0.2) is 23.5 Å². The topological polar surface area (TPSA) is 52.6 Å². The van der Waals surface area contributed by atoms with E-state index in [9.17, 15) is 9.59 Å². The third-order valence-corrected chi connectivity index (χ3v) is 2.72. The number of esters is 1. The molecule has 0 aromatic rings. The molecule has 1 heterocycles. The Morgan fingerprint density at radius 3 is 2.65 bits per heavy atom. The van der Waals surface area contributed by atoms with Gasteiger partial charge in [0.05, 0.1) is 12.5 Å². The lowest BCUT2D eigenvalue weighted by Crippen LogP contribution is -2.35. The first-order valence-corrected chi connectivity index (χ1v) is 5.77. The smallest absolute Gasteiger partial charge is 0.345 e. The van der Waals surface area contributed by atoms with Crippen molar-refractivity contribution < 1.29 is 19.1 Å². The molecule has 17 heavy (non-hydrogen) atoms. The van der Waals surface area contributed by atoms with Crippen LogP contribution in [0.5, 0.6) is 0 Å². The largest absolute Gasteiger partial charge is 0.489 e. The number of hydrogen-bond acceptors (Lipinski definition) is 4. The molecule has 0 aromatic carbocycles. The van der Waals surface area contributed by atoms with Crippen molar-refractivity contribution in [2.24, 2.45) is 5.92 Å². The predicted octanol–water partition coefficient (Wildman–Crippen LogP) is 2.00. The number of carbonyl (C=O) groups excluding carboxylic acids is 2. The molecular formula is C13H18O4. The molecule has 0 N–H and O–H groups in total. The molecule has 1 aliphatic rings. The van der Waals surface area contributed by atoms with Gasteiger partial charge in [-0.15, -0.1) is 0 Å². The van der Waals surface area contributed by atoms with Crippen LogP contribution in [0.3, 0.4) is 0 Å². The second-order valence-electron chi connectivity index (χ2n) is 3.94. The van der Waals surface area contributed by atoms with Crippen molar-refractivity contribution >= 4 is 11.8 Å². The Kier molecular flexibility index (Phi) is 4.49. The van der Waals surface area contributed by atoms with Crippen LogP contribution in [0.25, 0.3) is 0 Å². The lowest BCUT2D eigenvalue weighted by atomic mass is 9.91. The minimum atomic E-state index is -0.607. The van der Waals surface area contributed by atoms with Gasteiger partial charge >= 0.3 is 5.97 Å². The fourth-order valence-electron chi connectivity index (χ4n) is 1.60. The van der Waals surface area contributed by atoms with Crippen molar-refractivity contribution in [3.05, 3.63) is 23.5 Å². The average Bonchev–Trinajstić information content (AvgIpc) is 2.27. The molecule has 1 rings (SSSR count). The van der Waals surface area contributed by atoms with Gasteiger partial charge in [0.2, 0.25) is 0 Å². The SMILES string of the molecule is C/C=C/C1=C(C(=O)OCC)C(=O)C(C)C(C)O1. The minimum Gasteiger partial charge on any atom is -0.489 e. The monoisotopic (exact) mass is 238 g/mol. The van der Waals surface area contributed by atoms with Crippen LogP contribution in [0.1, 0.15) is 27.7 Å². The summed E-state index contributed by atoms with van der Waals surface area (Å²) in [7, 11) is 0. The van der Waals surface area contributed by atoms with Crippen molar-refractivity contribution in [2.75, 3.05) is 6.61 Å². The van der Waals surface area contributed by atoms with Crippen molar-refractivity contribution in [2.45, 2.75) is 33.8 Å². The summed E-state index contributed by atoms with van der Waals surface area (Å²) in [5, 5.41) is 0. The first-order chi connectivity index (χ1) is 8.02. The Balaban J connectivity index is 3.17. The maximum atomic E-state index is 12.1. The lowest BCUT2D eigenvalue weighted by Gasteiger charge is -2.28. The second kappa shape index (κ2) is 5.66. The molecule has 0 aliphatic carbocycles. The molecule has 4 heteroatoms. The van der Waals surface area contributed by atoms with Gasteiger partial charge in [-0.3, -0.25) is 4.79 Å². The molecular weight excluding hydrogens is 220 g/mol. The number of allylic oxidation sites excluding steroid dienone is 2. The number of carbonyl (C=O) groups is 2. The molecule has 1 aliphatic heterocycles. The van der Waals surface area contributed by atoms with Crippen LogP contribution in [0, 0.1) is 5.92 Å². The highest BCUT2D eigenvalue weighted by molar-refractivity contribution is 6.19. The van der Waals surface area contributed by atoms with Crippen LogP contribution in [-0.4, -0.2) is 24.5 Å². The third-order valence-electron chi connectivity index (χ3n) is 2.72. The van der Waals surface area contributed by atoms with E-state index in [1.165, 1.54) is 0 Å². The Bertz CT molecular complexity index is 379. The van der Waals surface area contributed by atoms with Gasteiger partial charge in [0.15, 0.2) is 5.78 Å². The molecule has 4 nitrogen and oxygen atoms in total. The zero-order valence-electron chi connectivity index (χ0n) is 10.6. The molecule has 94 valence electrons. The maximum absolute atomic E-state index is 12.1. The molecule has 0 saturated carbocycles. The highest BCUT2D eigenvalue weighted by Crippen LogP contribution is 2.27. The van der Waals surface area contributed by atoms with Gasteiger partial charge in [-0.2, -0.15) is 0 Å². The molecule has 0 bridgehead atoms. The Hall–Kier alpha value is -1.58. The van der Waals surface area contributed by atoms with E-state index in [0.717, 1.165) is 0 Å². The van der Waals surface area contributed by atoms with E-state index in [1.807, 2.05) is 6.92 Å². The first kappa shape index (κ1) is 13.5. The summed E-state index contributed by atoms with van der Waals surface area (Å²) in [5.41, 5.74) is 0.0237. The van der Waals surface area contributed by atoms with Gasteiger partial charge in [0.25, 0.3) is 0 Å². The summed E-state index contributed by atoms with van der Waals surface area (Å²) in [6, 6.07) is 0. The van der Waals surface area contributed by atoms with Crippen molar-refractivity contribution in [3.63, 3.8) is 0 Å². The quantitative estimate of drug-likeness (QED) is 0.557. The van der Waals surface area contributed by atoms with Crippen LogP contribution in [-0.2, 0) is 19.1 Å². The van der Waals surface area contributed by atoms with Crippen LogP contribution in [0.2, 0.25) is 0 Å². The van der Waals surface area contributed by atoms with Gasteiger partial charge in [0, 0.05) is 0 Å². The minimum absolute atomic E-state index is 0.0237. The normalized spacial score (nSPS) is 25.1. The van der Waals surface area contributed by atoms with Crippen LogP contribution < -0.4 is 0 Å². The van der Waals surface area contributed by atoms with Gasteiger partial charge in [0.1, 0.15) is 17.4 Å². The van der Waals surface area contributed by atoms with E-state index in [1.54, 1.807) is 32.9 Å². The Labute approximate surface area is 101 Å². The third kappa shape index (κ3) is 2.75.